The monoisotopic (exact) mass is 387 g/mol. The fourth-order valence-corrected chi connectivity index (χ4v) is 2.65. The van der Waals surface area contributed by atoms with Crippen LogP contribution in [0.4, 0.5) is 11.6 Å². The lowest BCUT2D eigenvalue weighted by Gasteiger charge is -2.06. The largest absolute Gasteiger partial charge is 0.497 e. The average Bonchev–Trinajstić information content (AvgIpc) is 3.31. The molecule has 4 N–H and O–H groups in total. The van der Waals surface area contributed by atoms with E-state index >= 15 is 0 Å². The maximum atomic E-state index is 12.1. The molecule has 0 fully saturated rings. The molecule has 0 unspecified atom stereocenters. The molecule has 0 bridgehead atoms. The molecule has 140 valence electrons. The number of nitrogens with two attached hydrogens (primary N) is 1. The van der Waals surface area contributed by atoms with Crippen molar-refractivity contribution in [2.75, 3.05) is 29.4 Å². The Hall–Kier alpha value is -3.47. The molecule has 1 aromatic carbocycles. The molecular formula is C16H17N7O3S. The number of nitrogens with one attached hydrogen (secondary N) is 2. The molecule has 0 spiro atoms. The molecule has 0 aliphatic carbocycles. The number of amides is 1. The summed E-state index contributed by atoms with van der Waals surface area (Å²) in [7, 11) is 1.56. The Morgan fingerprint density at radius 3 is 3.07 bits per heavy atom. The van der Waals surface area contributed by atoms with Crippen molar-refractivity contribution in [1.82, 2.24) is 14.9 Å². The van der Waals surface area contributed by atoms with Crippen LogP contribution in [0.1, 0.15) is 5.76 Å². The number of anilines is 2. The van der Waals surface area contributed by atoms with E-state index in [9.17, 15) is 4.79 Å². The Balaban J connectivity index is 1.52. The molecule has 11 heteroatoms. The van der Waals surface area contributed by atoms with Crippen LogP contribution >= 0.6 is 11.8 Å². The van der Waals surface area contributed by atoms with E-state index in [-0.39, 0.29) is 17.6 Å². The lowest BCUT2D eigenvalue weighted by molar-refractivity contribution is -0.113. The van der Waals surface area contributed by atoms with E-state index in [0.717, 1.165) is 11.8 Å². The summed E-state index contributed by atoms with van der Waals surface area (Å²) in [4.78, 5) is 12.1. The zero-order chi connectivity index (χ0) is 19.1. The van der Waals surface area contributed by atoms with E-state index in [4.69, 9.17) is 15.0 Å². The molecule has 2 heterocycles. The number of rotatable bonds is 8. The van der Waals surface area contributed by atoms with Crippen LogP contribution in [-0.2, 0) is 4.79 Å². The van der Waals surface area contributed by atoms with Gasteiger partial charge < -0.3 is 20.3 Å². The van der Waals surface area contributed by atoms with Crippen LogP contribution in [0.3, 0.4) is 0 Å². The van der Waals surface area contributed by atoms with Gasteiger partial charge in [-0.25, -0.2) is 10.1 Å². The number of hydrogen-bond acceptors (Lipinski definition) is 9. The Morgan fingerprint density at radius 2 is 2.30 bits per heavy atom. The smallest absolute Gasteiger partial charge is 0.264 e. The highest BCUT2D eigenvalue weighted by atomic mass is 32.2. The average molecular weight is 387 g/mol. The fraction of sp³-hybridized carbons (Fsp3) is 0.125. The van der Waals surface area contributed by atoms with Crippen LogP contribution in [0.15, 0.2) is 57.3 Å². The highest BCUT2D eigenvalue weighted by molar-refractivity contribution is 7.99. The first-order valence-electron chi connectivity index (χ1n) is 7.75. The van der Waals surface area contributed by atoms with Gasteiger partial charge in [-0.2, -0.15) is 5.10 Å². The van der Waals surface area contributed by atoms with Crippen LogP contribution in [-0.4, -0.2) is 39.9 Å². The first-order chi connectivity index (χ1) is 13.2. The van der Waals surface area contributed by atoms with E-state index in [1.54, 1.807) is 43.5 Å². The van der Waals surface area contributed by atoms with Crippen LogP contribution < -0.4 is 21.3 Å². The van der Waals surface area contributed by atoms with Gasteiger partial charge in [0.2, 0.25) is 11.1 Å². The number of hydrazone groups is 1. The summed E-state index contributed by atoms with van der Waals surface area (Å²) >= 11 is 1.15. The molecule has 1 amide bonds. The summed E-state index contributed by atoms with van der Waals surface area (Å²) in [6.45, 7) is 0. The number of furan rings is 1. The van der Waals surface area contributed by atoms with E-state index in [1.807, 2.05) is 0 Å². The van der Waals surface area contributed by atoms with Gasteiger partial charge in [0.05, 0.1) is 25.3 Å². The third-order valence-electron chi connectivity index (χ3n) is 3.25. The summed E-state index contributed by atoms with van der Waals surface area (Å²) in [6.07, 6.45) is 3.02. The maximum Gasteiger partial charge on any atom is 0.264 e. The number of nitrogen functional groups attached to an aromatic ring is 1. The van der Waals surface area contributed by atoms with Crippen molar-refractivity contribution in [2.45, 2.75) is 5.16 Å². The predicted molar refractivity (Wildman–Crippen MR) is 102 cm³/mol. The van der Waals surface area contributed by atoms with Crippen molar-refractivity contribution in [1.29, 1.82) is 0 Å². The van der Waals surface area contributed by atoms with Gasteiger partial charge >= 0.3 is 0 Å². The van der Waals surface area contributed by atoms with Crippen molar-refractivity contribution >= 4 is 35.5 Å². The number of carbonyl (C=O) groups is 1. The number of hydrogen-bond donors (Lipinski definition) is 3. The fourth-order valence-electron chi connectivity index (χ4n) is 2.00. The molecule has 0 radical (unpaired) electrons. The maximum absolute atomic E-state index is 12.1. The topological polar surface area (TPSA) is 133 Å². The summed E-state index contributed by atoms with van der Waals surface area (Å²) < 4.78 is 11.4. The highest BCUT2D eigenvalue weighted by Crippen LogP contribution is 2.19. The molecule has 2 aromatic heterocycles. The molecule has 27 heavy (non-hydrogen) atoms. The lowest BCUT2D eigenvalue weighted by atomic mass is 10.3. The zero-order valence-electron chi connectivity index (χ0n) is 14.3. The van der Waals surface area contributed by atoms with E-state index < -0.39 is 0 Å². The van der Waals surface area contributed by atoms with Crippen LogP contribution in [0.25, 0.3) is 0 Å². The van der Waals surface area contributed by atoms with E-state index in [0.29, 0.717) is 22.4 Å². The first kappa shape index (κ1) is 18.3. The molecule has 0 aliphatic rings. The van der Waals surface area contributed by atoms with Crippen molar-refractivity contribution < 1.29 is 13.9 Å². The molecule has 3 aromatic rings. The summed E-state index contributed by atoms with van der Waals surface area (Å²) in [5, 5.41) is 14.9. The van der Waals surface area contributed by atoms with Gasteiger partial charge in [0, 0.05) is 11.8 Å². The minimum Gasteiger partial charge on any atom is -0.497 e. The van der Waals surface area contributed by atoms with Crippen molar-refractivity contribution in [3.8, 4) is 5.75 Å². The number of ether oxygens (including phenoxy) is 1. The Bertz CT molecular complexity index is 924. The number of nitrogens with zero attached hydrogens (tertiary/aromatic N) is 4. The summed E-state index contributed by atoms with van der Waals surface area (Å²) in [6, 6.07) is 10.6. The number of thioether (sulfide) groups is 1. The summed E-state index contributed by atoms with van der Waals surface area (Å²) in [5.74, 6) is 7.28. The van der Waals surface area contributed by atoms with E-state index in [1.165, 1.54) is 17.2 Å². The van der Waals surface area contributed by atoms with Crippen molar-refractivity contribution in [2.24, 2.45) is 5.10 Å². The molecule has 0 saturated heterocycles. The van der Waals surface area contributed by atoms with Crippen LogP contribution in [0.2, 0.25) is 0 Å². The minimum atomic E-state index is -0.207. The number of aromatic nitrogens is 3. The second kappa shape index (κ2) is 8.76. The highest BCUT2D eigenvalue weighted by Gasteiger charge is 2.12. The van der Waals surface area contributed by atoms with Gasteiger partial charge in [-0.15, -0.1) is 10.2 Å². The van der Waals surface area contributed by atoms with Crippen molar-refractivity contribution in [3.05, 3.63) is 48.4 Å². The molecule has 0 atom stereocenters. The van der Waals surface area contributed by atoms with Gasteiger partial charge in [0.25, 0.3) is 5.95 Å². The first-order valence-corrected chi connectivity index (χ1v) is 8.74. The predicted octanol–water partition coefficient (Wildman–Crippen LogP) is 1.77. The molecule has 3 rings (SSSR count). The standard InChI is InChI=1S/C16H17N7O3S/c1-25-12-5-2-4-11(8-12)19-14(24)10-27-16-22-21-15(23(16)17)20-18-9-13-6-3-7-26-13/h2-9H,10,17H2,1H3,(H,19,24)(H,20,21)/b18-9+. The Kier molecular flexibility index (Phi) is 5.94. The van der Waals surface area contributed by atoms with Gasteiger partial charge in [-0.3, -0.25) is 4.79 Å². The van der Waals surface area contributed by atoms with Gasteiger partial charge in [-0.05, 0) is 24.3 Å². The minimum absolute atomic E-state index is 0.113. The van der Waals surface area contributed by atoms with Crippen LogP contribution in [0, 0.1) is 0 Å². The summed E-state index contributed by atoms with van der Waals surface area (Å²) in [5.41, 5.74) is 3.30. The third-order valence-corrected chi connectivity index (χ3v) is 4.19. The molecule has 0 aliphatic heterocycles. The SMILES string of the molecule is COc1cccc(NC(=O)CSc2nnc(N/N=C/c3ccco3)n2N)c1. The lowest BCUT2D eigenvalue weighted by Crippen LogP contribution is -2.16. The normalized spacial score (nSPS) is 10.9. The quantitative estimate of drug-likeness (QED) is 0.230. The zero-order valence-corrected chi connectivity index (χ0v) is 15.1. The molecule has 10 nitrogen and oxygen atoms in total. The molecule has 0 saturated carbocycles. The Morgan fingerprint density at radius 1 is 1.41 bits per heavy atom. The van der Waals surface area contributed by atoms with Gasteiger partial charge in [0.15, 0.2) is 0 Å². The second-order valence-corrected chi connectivity index (χ2v) is 6.07. The third kappa shape index (κ3) is 5.01. The van der Waals surface area contributed by atoms with Crippen LogP contribution in [0.5, 0.6) is 5.75 Å². The second-order valence-electron chi connectivity index (χ2n) is 5.13. The van der Waals surface area contributed by atoms with Gasteiger partial charge in [0.1, 0.15) is 11.5 Å². The number of benzene rings is 1. The van der Waals surface area contributed by atoms with E-state index in [2.05, 4.69) is 26.0 Å². The Labute approximate surface area is 158 Å². The number of carbonyl (C=O) groups excluding carboxylic acids is 1. The number of methoxy groups -OCH3 is 1. The van der Waals surface area contributed by atoms with Gasteiger partial charge in [-0.1, -0.05) is 17.8 Å². The molecular weight excluding hydrogens is 370 g/mol. The van der Waals surface area contributed by atoms with Crippen molar-refractivity contribution in [3.63, 3.8) is 0 Å².